The van der Waals surface area contributed by atoms with Crippen LogP contribution in [0.1, 0.15) is 12.5 Å². The maximum Gasteiger partial charge on any atom is 0.217 e. The molecule has 1 aliphatic rings. The Morgan fingerprint density at radius 2 is 1.90 bits per heavy atom. The number of rotatable bonds is 3. The molecule has 2 rings (SSSR count). The summed E-state index contributed by atoms with van der Waals surface area (Å²) < 4.78 is 5.39. The lowest BCUT2D eigenvalue weighted by Crippen LogP contribution is -2.68. The van der Waals surface area contributed by atoms with Crippen molar-refractivity contribution in [3.8, 4) is 0 Å². The molecule has 5 atom stereocenters. The molecular formula is C14H19NO6. The van der Waals surface area contributed by atoms with Gasteiger partial charge in [-0.05, 0) is 0 Å². The van der Waals surface area contributed by atoms with E-state index < -0.39 is 42.7 Å². The molecule has 1 fully saturated rings. The van der Waals surface area contributed by atoms with E-state index in [9.17, 15) is 25.2 Å². The lowest BCUT2D eigenvalue weighted by atomic mass is 9.86. The van der Waals surface area contributed by atoms with Crippen LogP contribution in [0.5, 0.6) is 0 Å². The standard InChI is InChI=1S/C14H19NO6/c1-8(17)15-13-12(19)11(18)10(7-16)21-14(13,20)9-5-3-2-4-6-9/h2-6,10-13,16,18-20H,7H2,1H3,(H,15,17)/t10-,11-,12+,13-,14-/m1/s1. The van der Waals surface area contributed by atoms with E-state index in [1.807, 2.05) is 0 Å². The lowest BCUT2D eigenvalue weighted by Gasteiger charge is -2.47. The van der Waals surface area contributed by atoms with Gasteiger partial charge in [-0.15, -0.1) is 0 Å². The molecule has 7 heteroatoms. The molecule has 7 nitrogen and oxygen atoms in total. The second-order valence-corrected chi connectivity index (χ2v) is 5.06. The first-order valence-corrected chi connectivity index (χ1v) is 6.60. The topological polar surface area (TPSA) is 119 Å². The van der Waals surface area contributed by atoms with Crippen molar-refractivity contribution in [2.24, 2.45) is 0 Å². The first-order chi connectivity index (χ1) is 9.90. The monoisotopic (exact) mass is 297 g/mol. The van der Waals surface area contributed by atoms with Crippen LogP contribution in [-0.2, 0) is 15.3 Å². The molecule has 1 aliphatic heterocycles. The van der Waals surface area contributed by atoms with Gasteiger partial charge in [-0.25, -0.2) is 0 Å². The second kappa shape index (κ2) is 6.08. The number of hydrogen-bond acceptors (Lipinski definition) is 6. The van der Waals surface area contributed by atoms with Crippen LogP contribution in [0.25, 0.3) is 0 Å². The van der Waals surface area contributed by atoms with Crippen LogP contribution >= 0.6 is 0 Å². The van der Waals surface area contributed by atoms with Crippen LogP contribution < -0.4 is 5.32 Å². The van der Waals surface area contributed by atoms with Gasteiger partial charge in [-0.1, -0.05) is 30.3 Å². The number of aliphatic hydroxyl groups is 4. The molecule has 5 N–H and O–H groups in total. The summed E-state index contributed by atoms with van der Waals surface area (Å²) >= 11 is 0. The van der Waals surface area contributed by atoms with Crippen molar-refractivity contribution in [2.75, 3.05) is 6.61 Å². The van der Waals surface area contributed by atoms with E-state index in [1.54, 1.807) is 30.3 Å². The van der Waals surface area contributed by atoms with Gasteiger partial charge in [0.25, 0.3) is 0 Å². The molecule has 0 bridgehead atoms. The normalized spacial score (nSPS) is 36.2. The summed E-state index contributed by atoms with van der Waals surface area (Å²) in [6, 6.07) is 6.91. The van der Waals surface area contributed by atoms with Gasteiger partial charge in [0, 0.05) is 12.5 Å². The van der Waals surface area contributed by atoms with Gasteiger partial charge in [0.15, 0.2) is 0 Å². The summed E-state index contributed by atoms with van der Waals surface area (Å²) in [6.07, 6.45) is -4.10. The minimum absolute atomic E-state index is 0.299. The van der Waals surface area contributed by atoms with Gasteiger partial charge in [0.2, 0.25) is 11.7 Å². The Morgan fingerprint density at radius 3 is 2.43 bits per heavy atom. The Bertz CT molecular complexity index is 495. The summed E-state index contributed by atoms with van der Waals surface area (Å²) in [4.78, 5) is 11.3. The predicted octanol–water partition coefficient (Wildman–Crippen LogP) is -1.55. The van der Waals surface area contributed by atoms with Crippen LogP contribution in [0.2, 0.25) is 0 Å². The highest BCUT2D eigenvalue weighted by atomic mass is 16.6. The van der Waals surface area contributed by atoms with E-state index in [0.717, 1.165) is 0 Å². The van der Waals surface area contributed by atoms with Crippen LogP contribution in [-0.4, -0.2) is 57.3 Å². The Labute approximate surface area is 121 Å². The van der Waals surface area contributed by atoms with Gasteiger partial charge in [0.1, 0.15) is 24.4 Å². The average Bonchev–Trinajstić information content (AvgIpc) is 2.48. The minimum Gasteiger partial charge on any atom is -0.394 e. The number of benzene rings is 1. The molecular weight excluding hydrogens is 278 g/mol. The molecule has 0 aromatic heterocycles. The molecule has 1 aromatic rings. The van der Waals surface area contributed by atoms with Gasteiger partial charge in [0.05, 0.1) is 6.61 Å². The fourth-order valence-corrected chi connectivity index (χ4v) is 2.49. The van der Waals surface area contributed by atoms with Gasteiger partial charge >= 0.3 is 0 Å². The first-order valence-electron chi connectivity index (χ1n) is 6.60. The summed E-state index contributed by atoms with van der Waals surface area (Å²) in [7, 11) is 0. The summed E-state index contributed by atoms with van der Waals surface area (Å²) in [5.74, 6) is -2.55. The Kier molecular flexibility index (Phi) is 4.60. The highest BCUT2D eigenvalue weighted by Crippen LogP contribution is 2.36. The third-order valence-corrected chi connectivity index (χ3v) is 3.55. The van der Waals surface area contributed by atoms with Crippen molar-refractivity contribution in [3.63, 3.8) is 0 Å². The second-order valence-electron chi connectivity index (χ2n) is 5.06. The molecule has 1 amide bonds. The van der Waals surface area contributed by atoms with Crippen LogP contribution in [0.4, 0.5) is 0 Å². The number of aliphatic hydroxyl groups excluding tert-OH is 3. The zero-order valence-corrected chi connectivity index (χ0v) is 11.5. The summed E-state index contributed by atoms with van der Waals surface area (Å²) in [5.41, 5.74) is 0.299. The quantitative estimate of drug-likeness (QED) is 0.461. The van der Waals surface area contributed by atoms with E-state index in [1.165, 1.54) is 6.92 Å². The molecule has 0 unspecified atom stereocenters. The molecule has 0 radical (unpaired) electrons. The first kappa shape index (κ1) is 15.9. The fourth-order valence-electron chi connectivity index (χ4n) is 2.49. The van der Waals surface area contributed by atoms with E-state index in [0.29, 0.717) is 5.56 Å². The van der Waals surface area contributed by atoms with Crippen molar-refractivity contribution in [2.45, 2.75) is 37.1 Å². The van der Waals surface area contributed by atoms with Crippen LogP contribution in [0.15, 0.2) is 30.3 Å². The molecule has 0 saturated carbocycles. The van der Waals surface area contributed by atoms with Gasteiger partial charge < -0.3 is 30.5 Å². The molecule has 0 aliphatic carbocycles. The zero-order valence-electron chi connectivity index (χ0n) is 11.5. The molecule has 1 aromatic carbocycles. The minimum atomic E-state index is -2.06. The Hall–Kier alpha value is -1.51. The van der Waals surface area contributed by atoms with E-state index in [4.69, 9.17) is 4.74 Å². The van der Waals surface area contributed by atoms with Gasteiger partial charge in [-0.3, -0.25) is 4.79 Å². The van der Waals surface area contributed by atoms with Crippen molar-refractivity contribution in [1.82, 2.24) is 5.32 Å². The smallest absolute Gasteiger partial charge is 0.217 e. The van der Waals surface area contributed by atoms with Crippen molar-refractivity contribution in [1.29, 1.82) is 0 Å². The van der Waals surface area contributed by atoms with Crippen LogP contribution in [0.3, 0.4) is 0 Å². The van der Waals surface area contributed by atoms with E-state index in [-0.39, 0.29) is 0 Å². The summed E-state index contributed by atoms with van der Waals surface area (Å²) in [6.45, 7) is 0.642. The van der Waals surface area contributed by atoms with Crippen molar-refractivity contribution < 1.29 is 30.0 Å². The number of carbonyl (C=O) groups is 1. The van der Waals surface area contributed by atoms with Gasteiger partial charge in [-0.2, -0.15) is 0 Å². The molecule has 1 heterocycles. The number of hydrogen-bond donors (Lipinski definition) is 5. The number of amides is 1. The van der Waals surface area contributed by atoms with Crippen molar-refractivity contribution in [3.05, 3.63) is 35.9 Å². The van der Waals surface area contributed by atoms with Crippen LogP contribution in [0, 0.1) is 0 Å². The third kappa shape index (κ3) is 2.92. The van der Waals surface area contributed by atoms with E-state index in [2.05, 4.69) is 5.32 Å². The Morgan fingerprint density at radius 1 is 1.29 bits per heavy atom. The molecule has 0 spiro atoms. The molecule has 1 saturated heterocycles. The number of nitrogens with one attached hydrogen (secondary N) is 1. The highest BCUT2D eigenvalue weighted by molar-refractivity contribution is 5.73. The summed E-state index contributed by atoms with van der Waals surface area (Å²) in [5, 5.41) is 42.5. The largest absolute Gasteiger partial charge is 0.394 e. The lowest BCUT2D eigenvalue weighted by molar-refractivity contribution is -0.326. The Balaban J connectivity index is 2.44. The maximum absolute atomic E-state index is 11.3. The average molecular weight is 297 g/mol. The maximum atomic E-state index is 11.3. The molecule has 116 valence electrons. The fraction of sp³-hybridized carbons (Fsp3) is 0.500. The number of ether oxygens (including phenoxy) is 1. The third-order valence-electron chi connectivity index (χ3n) is 3.55. The SMILES string of the molecule is CC(=O)N[C@@H]1[C@@H](O)[C@H](O)[C@@H](CO)O[C@]1(O)c1ccccc1. The zero-order chi connectivity index (χ0) is 15.6. The van der Waals surface area contributed by atoms with E-state index >= 15 is 0 Å². The van der Waals surface area contributed by atoms with Crippen molar-refractivity contribution >= 4 is 5.91 Å². The molecule has 21 heavy (non-hydrogen) atoms. The number of carbonyl (C=O) groups excluding carboxylic acids is 1. The predicted molar refractivity (Wildman–Crippen MR) is 71.9 cm³/mol. The highest BCUT2D eigenvalue weighted by Gasteiger charge is 2.54.